The summed E-state index contributed by atoms with van der Waals surface area (Å²) in [6, 6.07) is 19.4. The Morgan fingerprint density at radius 2 is 1.65 bits per heavy atom. The van der Waals surface area contributed by atoms with E-state index in [1.54, 1.807) is 10.9 Å². The van der Waals surface area contributed by atoms with Gasteiger partial charge >= 0.3 is 0 Å². The molecule has 23 heavy (non-hydrogen) atoms. The van der Waals surface area contributed by atoms with Gasteiger partial charge in [-0.15, -0.1) is 0 Å². The molecule has 1 aliphatic rings. The topological polar surface area (TPSA) is 44.1 Å². The Kier molecular flexibility index (Phi) is 3.50. The van der Waals surface area contributed by atoms with Gasteiger partial charge in [-0.05, 0) is 17.7 Å². The number of Topliss-reactive ketones (excluding diaryl/α,β-unsaturated/α-hetero) is 1. The lowest BCUT2D eigenvalue weighted by atomic mass is 9.99. The average Bonchev–Trinajstić information content (AvgIpc) is 3.03. The zero-order valence-corrected chi connectivity index (χ0v) is 13.7. The number of fused-ring (bicyclic) bond motifs is 1. The van der Waals surface area contributed by atoms with Crippen molar-refractivity contribution in [2.45, 2.75) is 10.9 Å². The summed E-state index contributed by atoms with van der Waals surface area (Å²) in [5.74, 6) is 0.480. The second kappa shape index (κ2) is 5.66. The van der Waals surface area contributed by atoms with E-state index in [1.807, 2.05) is 60.7 Å². The lowest BCUT2D eigenvalue weighted by Crippen LogP contribution is -2.32. The molecule has 0 saturated heterocycles. The SMILES string of the molecule is O=C1c2cnn(-c3ccccc3)c2O[C@@H](c2ccccc2)[C@H]1Br. The molecule has 3 aromatic rings. The molecule has 2 atom stereocenters. The van der Waals surface area contributed by atoms with Crippen molar-refractivity contribution in [1.29, 1.82) is 0 Å². The Bertz CT molecular complexity index is 846. The zero-order valence-electron chi connectivity index (χ0n) is 12.1. The molecule has 0 unspecified atom stereocenters. The quantitative estimate of drug-likeness (QED) is 0.643. The van der Waals surface area contributed by atoms with Crippen LogP contribution in [0.25, 0.3) is 5.69 Å². The van der Waals surface area contributed by atoms with Crippen molar-refractivity contribution >= 4 is 21.7 Å². The first kappa shape index (κ1) is 14.2. The van der Waals surface area contributed by atoms with Crippen LogP contribution in [0.3, 0.4) is 0 Å². The van der Waals surface area contributed by atoms with Crippen LogP contribution in [-0.2, 0) is 0 Å². The lowest BCUT2D eigenvalue weighted by Gasteiger charge is -2.28. The van der Waals surface area contributed by atoms with Crippen molar-refractivity contribution in [3.05, 3.63) is 78.0 Å². The van der Waals surface area contributed by atoms with E-state index < -0.39 is 4.83 Å². The van der Waals surface area contributed by atoms with Crippen LogP contribution < -0.4 is 4.74 Å². The van der Waals surface area contributed by atoms with E-state index in [-0.39, 0.29) is 11.9 Å². The van der Waals surface area contributed by atoms with Crippen LogP contribution >= 0.6 is 15.9 Å². The number of carbonyl (C=O) groups is 1. The largest absolute Gasteiger partial charge is 0.467 e. The van der Waals surface area contributed by atoms with Crippen molar-refractivity contribution in [3.63, 3.8) is 0 Å². The molecule has 0 N–H and O–H groups in total. The van der Waals surface area contributed by atoms with Crippen molar-refractivity contribution in [2.24, 2.45) is 0 Å². The average molecular weight is 369 g/mol. The zero-order chi connectivity index (χ0) is 15.8. The first-order valence-corrected chi connectivity index (χ1v) is 8.20. The minimum Gasteiger partial charge on any atom is -0.467 e. The number of aromatic nitrogens is 2. The molecule has 114 valence electrons. The molecule has 4 nitrogen and oxygen atoms in total. The number of ether oxygens (including phenoxy) is 1. The maximum atomic E-state index is 12.7. The first-order chi connectivity index (χ1) is 11.3. The summed E-state index contributed by atoms with van der Waals surface area (Å²) in [6.07, 6.45) is 1.19. The fourth-order valence-electron chi connectivity index (χ4n) is 2.72. The molecule has 1 aromatic heterocycles. The number of alkyl halides is 1. The molecule has 0 amide bonds. The van der Waals surface area contributed by atoms with Gasteiger partial charge in [-0.3, -0.25) is 4.79 Å². The van der Waals surface area contributed by atoms with Crippen LogP contribution in [0, 0.1) is 0 Å². The third-order valence-electron chi connectivity index (χ3n) is 3.87. The van der Waals surface area contributed by atoms with Gasteiger partial charge in [0, 0.05) is 0 Å². The number of carbonyl (C=O) groups excluding carboxylic acids is 1. The molecule has 0 bridgehead atoms. The molecular weight excluding hydrogens is 356 g/mol. The first-order valence-electron chi connectivity index (χ1n) is 7.29. The van der Waals surface area contributed by atoms with Gasteiger partial charge in [-0.1, -0.05) is 64.5 Å². The highest BCUT2D eigenvalue weighted by atomic mass is 79.9. The van der Waals surface area contributed by atoms with Gasteiger partial charge in [0.05, 0.1) is 11.9 Å². The summed E-state index contributed by atoms with van der Waals surface area (Å²) in [6.45, 7) is 0. The molecule has 5 heteroatoms. The van der Waals surface area contributed by atoms with Crippen molar-refractivity contribution in [1.82, 2.24) is 9.78 Å². The molecule has 0 saturated carbocycles. The Morgan fingerprint density at radius 1 is 1.00 bits per heavy atom. The number of ketones is 1. The van der Waals surface area contributed by atoms with E-state index in [2.05, 4.69) is 21.0 Å². The normalized spacial score (nSPS) is 20.0. The van der Waals surface area contributed by atoms with Crippen LogP contribution in [0.2, 0.25) is 0 Å². The fraction of sp³-hybridized carbons (Fsp3) is 0.111. The number of rotatable bonds is 2. The molecule has 2 aromatic carbocycles. The number of benzene rings is 2. The highest BCUT2D eigenvalue weighted by molar-refractivity contribution is 9.10. The van der Waals surface area contributed by atoms with Crippen molar-refractivity contribution in [2.75, 3.05) is 0 Å². The maximum Gasteiger partial charge on any atom is 0.228 e. The van der Waals surface area contributed by atoms with Crippen LogP contribution in [0.15, 0.2) is 66.9 Å². The third kappa shape index (κ3) is 2.37. The van der Waals surface area contributed by atoms with E-state index >= 15 is 0 Å². The van der Waals surface area contributed by atoms with E-state index in [0.717, 1.165) is 11.3 Å². The number of hydrogen-bond donors (Lipinski definition) is 0. The van der Waals surface area contributed by atoms with Crippen LogP contribution in [0.1, 0.15) is 22.0 Å². The summed E-state index contributed by atoms with van der Waals surface area (Å²) >= 11 is 3.48. The number of hydrogen-bond acceptors (Lipinski definition) is 3. The minimum atomic E-state index is -0.425. The molecule has 2 heterocycles. The van der Waals surface area contributed by atoms with E-state index in [4.69, 9.17) is 4.74 Å². The lowest BCUT2D eigenvalue weighted by molar-refractivity contribution is 0.0861. The number of nitrogens with zero attached hydrogens (tertiary/aromatic N) is 2. The Balaban J connectivity index is 1.80. The summed E-state index contributed by atoms with van der Waals surface area (Å²) in [7, 11) is 0. The van der Waals surface area contributed by atoms with Crippen LogP contribution in [0.4, 0.5) is 0 Å². The monoisotopic (exact) mass is 368 g/mol. The minimum absolute atomic E-state index is 0.0118. The summed E-state index contributed by atoms with van der Waals surface area (Å²) in [5, 5.41) is 4.33. The van der Waals surface area contributed by atoms with Crippen molar-refractivity contribution < 1.29 is 9.53 Å². The van der Waals surface area contributed by atoms with Crippen molar-refractivity contribution in [3.8, 4) is 11.6 Å². The van der Waals surface area contributed by atoms with Gasteiger partial charge in [0.25, 0.3) is 0 Å². The molecule has 4 rings (SSSR count). The molecule has 0 aliphatic carbocycles. The standard InChI is InChI=1S/C18H13BrN2O2/c19-15-16(22)14-11-20-21(13-9-5-2-6-10-13)18(14)23-17(15)12-7-3-1-4-8-12/h1-11,15,17H/t15-,17-/m0/s1. The third-order valence-corrected chi connectivity index (χ3v) is 4.77. The predicted octanol–water partition coefficient (Wildman–Crippen LogP) is 3.95. The molecule has 0 spiro atoms. The Hall–Kier alpha value is -2.40. The predicted molar refractivity (Wildman–Crippen MR) is 90.4 cm³/mol. The second-order valence-corrected chi connectivity index (χ2v) is 6.31. The molecule has 0 radical (unpaired) electrons. The maximum absolute atomic E-state index is 12.7. The van der Waals surface area contributed by atoms with E-state index in [0.29, 0.717) is 11.4 Å². The highest BCUT2D eigenvalue weighted by Crippen LogP contribution is 2.39. The van der Waals surface area contributed by atoms with Crippen LogP contribution in [-0.4, -0.2) is 20.4 Å². The fourth-order valence-corrected chi connectivity index (χ4v) is 3.38. The Morgan fingerprint density at radius 3 is 2.35 bits per heavy atom. The van der Waals surface area contributed by atoms with Gasteiger partial charge in [-0.25, -0.2) is 4.68 Å². The van der Waals surface area contributed by atoms with Crippen LogP contribution in [0.5, 0.6) is 5.88 Å². The highest BCUT2D eigenvalue weighted by Gasteiger charge is 2.39. The van der Waals surface area contributed by atoms with Gasteiger partial charge in [0.2, 0.25) is 5.88 Å². The number of halogens is 1. The summed E-state index contributed by atoms with van der Waals surface area (Å²) in [5.41, 5.74) is 2.32. The van der Waals surface area contributed by atoms with Gasteiger partial charge in [-0.2, -0.15) is 5.10 Å². The Labute approximate surface area is 141 Å². The smallest absolute Gasteiger partial charge is 0.228 e. The molecule has 0 fully saturated rings. The summed E-state index contributed by atoms with van der Waals surface area (Å²) < 4.78 is 7.83. The van der Waals surface area contributed by atoms with E-state index in [1.165, 1.54) is 0 Å². The summed E-state index contributed by atoms with van der Waals surface area (Å²) in [4.78, 5) is 12.2. The molecule has 1 aliphatic heterocycles. The second-order valence-electron chi connectivity index (χ2n) is 5.33. The van der Waals surface area contributed by atoms with Gasteiger partial charge in [0.15, 0.2) is 5.78 Å². The van der Waals surface area contributed by atoms with E-state index in [9.17, 15) is 4.79 Å². The molecular formula is C18H13BrN2O2. The number of para-hydroxylation sites is 1. The van der Waals surface area contributed by atoms with Gasteiger partial charge < -0.3 is 4.74 Å². The van der Waals surface area contributed by atoms with Gasteiger partial charge in [0.1, 0.15) is 16.5 Å².